The molecule has 0 N–H and O–H groups in total. The Morgan fingerprint density at radius 1 is 1.22 bits per heavy atom. The molecule has 0 saturated heterocycles. The maximum absolute atomic E-state index is 11.9. The van der Waals surface area contributed by atoms with Crippen LogP contribution in [0.25, 0.3) is 0 Å². The first-order valence-corrected chi connectivity index (χ1v) is 7.37. The van der Waals surface area contributed by atoms with Gasteiger partial charge in [0, 0.05) is 0 Å². The van der Waals surface area contributed by atoms with E-state index in [1.807, 2.05) is 0 Å². The van der Waals surface area contributed by atoms with E-state index in [-0.39, 0.29) is 15.8 Å². The van der Waals surface area contributed by atoms with Crippen LogP contribution in [0.3, 0.4) is 0 Å². The second-order valence-electron chi connectivity index (χ2n) is 3.29. The molecule has 1 aromatic heterocycles. The van der Waals surface area contributed by atoms with Crippen molar-refractivity contribution in [3.63, 3.8) is 0 Å². The van der Waals surface area contributed by atoms with E-state index in [0.717, 1.165) is 6.20 Å². The Labute approximate surface area is 118 Å². The first-order valence-electron chi connectivity index (χ1n) is 4.79. The molecule has 0 bridgehead atoms. The van der Waals surface area contributed by atoms with E-state index in [0.29, 0.717) is 4.47 Å². The van der Waals surface area contributed by atoms with Gasteiger partial charge in [-0.05, 0) is 34.1 Å². The van der Waals surface area contributed by atoms with Gasteiger partial charge in [-0.25, -0.2) is 4.98 Å². The summed E-state index contributed by atoms with van der Waals surface area (Å²) in [6.07, 6.45) is 1.14. The molecule has 1 heterocycles. The van der Waals surface area contributed by atoms with E-state index in [9.17, 15) is 8.42 Å². The summed E-state index contributed by atoms with van der Waals surface area (Å²) >= 11 is 8.81. The summed E-state index contributed by atoms with van der Waals surface area (Å²) in [7, 11) is -3.90. The lowest BCUT2D eigenvalue weighted by Gasteiger charge is -2.07. The van der Waals surface area contributed by atoms with Crippen LogP contribution in [0.1, 0.15) is 0 Å². The van der Waals surface area contributed by atoms with Crippen LogP contribution < -0.4 is 4.18 Å². The van der Waals surface area contributed by atoms with Gasteiger partial charge in [0.25, 0.3) is 0 Å². The number of para-hydroxylation sites is 1. The summed E-state index contributed by atoms with van der Waals surface area (Å²) < 4.78 is 29.2. The highest BCUT2D eigenvalue weighted by Gasteiger charge is 2.18. The number of rotatable bonds is 3. The molecule has 0 spiro atoms. The van der Waals surface area contributed by atoms with Crippen molar-refractivity contribution in [2.45, 2.75) is 4.90 Å². The molecule has 0 fully saturated rings. The van der Waals surface area contributed by atoms with Gasteiger partial charge in [0.1, 0.15) is 15.8 Å². The van der Waals surface area contributed by atoms with Crippen LogP contribution in [0.2, 0.25) is 5.15 Å². The smallest absolute Gasteiger partial charge is 0.340 e. The summed E-state index contributed by atoms with van der Waals surface area (Å²) in [5.74, 6) is 0.239. The van der Waals surface area contributed by atoms with Gasteiger partial charge >= 0.3 is 10.1 Å². The Bertz CT molecular complexity index is 661. The van der Waals surface area contributed by atoms with Crippen LogP contribution in [-0.2, 0) is 10.1 Å². The van der Waals surface area contributed by atoms with Crippen LogP contribution in [0.4, 0.5) is 0 Å². The number of hydrogen-bond acceptors (Lipinski definition) is 4. The van der Waals surface area contributed by atoms with Crippen molar-refractivity contribution in [1.82, 2.24) is 4.98 Å². The number of aromatic nitrogens is 1. The molecule has 0 aliphatic rings. The standard InChI is InChI=1S/C11H7BrClNO3S/c12-10-6-9(7-14-11(10)13)18(15,16)17-8-4-2-1-3-5-8/h1-7H. The van der Waals surface area contributed by atoms with E-state index in [1.54, 1.807) is 30.3 Å². The van der Waals surface area contributed by atoms with E-state index < -0.39 is 10.1 Å². The molecule has 0 atom stereocenters. The summed E-state index contributed by atoms with van der Waals surface area (Å²) in [5, 5.41) is 0.189. The van der Waals surface area contributed by atoms with Crippen LogP contribution in [0, 0.1) is 0 Å². The molecular weight excluding hydrogens is 342 g/mol. The van der Waals surface area contributed by atoms with E-state index in [2.05, 4.69) is 20.9 Å². The van der Waals surface area contributed by atoms with Gasteiger partial charge < -0.3 is 4.18 Å². The van der Waals surface area contributed by atoms with Gasteiger partial charge in [-0.1, -0.05) is 29.8 Å². The second kappa shape index (κ2) is 5.26. The number of nitrogens with zero attached hydrogens (tertiary/aromatic N) is 1. The molecule has 0 unspecified atom stereocenters. The van der Waals surface area contributed by atoms with Crippen molar-refractivity contribution in [3.05, 3.63) is 52.2 Å². The zero-order valence-electron chi connectivity index (χ0n) is 8.88. The van der Waals surface area contributed by atoms with E-state index >= 15 is 0 Å². The fourth-order valence-corrected chi connectivity index (χ4v) is 2.70. The summed E-state index contributed by atoms with van der Waals surface area (Å²) in [6, 6.07) is 9.57. The highest BCUT2D eigenvalue weighted by Crippen LogP contribution is 2.24. The third-order valence-electron chi connectivity index (χ3n) is 2.01. The number of pyridine rings is 1. The molecule has 0 aliphatic heterocycles. The van der Waals surface area contributed by atoms with Gasteiger partial charge in [-0.2, -0.15) is 8.42 Å². The summed E-state index contributed by atoms with van der Waals surface area (Å²) in [5.41, 5.74) is 0. The number of benzene rings is 1. The van der Waals surface area contributed by atoms with Crippen LogP contribution in [0.5, 0.6) is 5.75 Å². The minimum absolute atomic E-state index is 0.0670. The lowest BCUT2D eigenvalue weighted by Crippen LogP contribution is -2.10. The summed E-state index contributed by atoms with van der Waals surface area (Å²) in [4.78, 5) is 3.68. The molecule has 94 valence electrons. The molecule has 0 saturated carbocycles. The second-order valence-corrected chi connectivity index (χ2v) is 6.05. The average Bonchev–Trinajstić information content (AvgIpc) is 2.33. The Morgan fingerprint density at radius 3 is 2.50 bits per heavy atom. The first-order chi connectivity index (χ1) is 8.49. The molecule has 1 aromatic carbocycles. The molecule has 0 amide bonds. The average molecular weight is 349 g/mol. The van der Waals surface area contributed by atoms with Gasteiger partial charge in [0.05, 0.1) is 10.7 Å². The minimum Gasteiger partial charge on any atom is -0.379 e. The van der Waals surface area contributed by atoms with Crippen molar-refractivity contribution >= 4 is 37.6 Å². The molecule has 0 aliphatic carbocycles. The van der Waals surface area contributed by atoms with Crippen LogP contribution in [-0.4, -0.2) is 13.4 Å². The van der Waals surface area contributed by atoms with Crippen molar-refractivity contribution < 1.29 is 12.6 Å². The van der Waals surface area contributed by atoms with Gasteiger partial charge in [0.2, 0.25) is 0 Å². The molecular formula is C11H7BrClNO3S. The largest absolute Gasteiger partial charge is 0.379 e. The van der Waals surface area contributed by atoms with Crippen molar-refractivity contribution in [2.75, 3.05) is 0 Å². The van der Waals surface area contributed by atoms with Crippen molar-refractivity contribution in [1.29, 1.82) is 0 Å². The predicted molar refractivity (Wildman–Crippen MR) is 71.2 cm³/mol. The third kappa shape index (κ3) is 3.01. The lowest BCUT2D eigenvalue weighted by molar-refractivity contribution is 0.485. The monoisotopic (exact) mass is 347 g/mol. The van der Waals surface area contributed by atoms with Crippen LogP contribution in [0.15, 0.2) is 52.0 Å². The van der Waals surface area contributed by atoms with E-state index in [1.165, 1.54) is 6.07 Å². The molecule has 7 heteroatoms. The van der Waals surface area contributed by atoms with Crippen LogP contribution >= 0.6 is 27.5 Å². The van der Waals surface area contributed by atoms with Gasteiger partial charge in [0.15, 0.2) is 0 Å². The fourth-order valence-electron chi connectivity index (χ4n) is 1.19. The minimum atomic E-state index is -3.90. The maximum atomic E-state index is 11.9. The Kier molecular flexibility index (Phi) is 3.89. The Morgan fingerprint density at radius 2 is 1.89 bits per heavy atom. The highest BCUT2D eigenvalue weighted by molar-refractivity contribution is 9.10. The quantitative estimate of drug-likeness (QED) is 0.631. The van der Waals surface area contributed by atoms with Gasteiger partial charge in [-0.3, -0.25) is 0 Å². The highest BCUT2D eigenvalue weighted by atomic mass is 79.9. The van der Waals surface area contributed by atoms with Crippen molar-refractivity contribution in [3.8, 4) is 5.75 Å². The molecule has 4 nitrogen and oxygen atoms in total. The van der Waals surface area contributed by atoms with E-state index in [4.69, 9.17) is 15.8 Å². The number of hydrogen-bond donors (Lipinski definition) is 0. The SMILES string of the molecule is O=S(=O)(Oc1ccccc1)c1cnc(Cl)c(Br)c1. The normalized spacial score (nSPS) is 11.2. The summed E-state index contributed by atoms with van der Waals surface area (Å²) in [6.45, 7) is 0. The zero-order valence-corrected chi connectivity index (χ0v) is 12.0. The Hall–Kier alpha value is -1.11. The molecule has 2 aromatic rings. The Balaban J connectivity index is 2.34. The third-order valence-corrected chi connectivity index (χ3v) is 4.36. The first kappa shape index (κ1) is 13.3. The lowest BCUT2D eigenvalue weighted by atomic mass is 10.3. The predicted octanol–water partition coefficient (Wildman–Crippen LogP) is 3.27. The fraction of sp³-hybridized carbons (Fsp3) is 0. The molecule has 0 radical (unpaired) electrons. The number of halogens is 2. The molecule has 18 heavy (non-hydrogen) atoms. The maximum Gasteiger partial charge on any atom is 0.340 e. The van der Waals surface area contributed by atoms with Crippen molar-refractivity contribution in [2.24, 2.45) is 0 Å². The zero-order chi connectivity index (χ0) is 13.2. The molecule has 2 rings (SSSR count). The van der Waals surface area contributed by atoms with Gasteiger partial charge in [-0.15, -0.1) is 0 Å². The topological polar surface area (TPSA) is 56.3 Å².